The number of hydrazone groups is 1. The maximum absolute atomic E-state index is 12.0. The van der Waals surface area contributed by atoms with E-state index in [0.717, 1.165) is 0 Å². The highest BCUT2D eigenvalue weighted by Gasteiger charge is 2.16. The third-order valence-corrected chi connectivity index (χ3v) is 3.47. The molecule has 1 N–H and O–H groups in total. The monoisotopic (exact) mass is 351 g/mol. The molecule has 23 heavy (non-hydrogen) atoms. The number of benzene rings is 1. The van der Waals surface area contributed by atoms with E-state index in [2.05, 4.69) is 15.5 Å². The molecule has 0 fully saturated rings. The standard InChI is InChI=1S/C16H15Cl2N3O2/c1-10(14-5-3-4-8-19-14)20-21-16(22)11(2)23-15-7-6-12(17)9-13(15)18/h3-9,11H,1-2H3,(H,21,22)/b20-10+/t11-/m0/s1. The summed E-state index contributed by atoms with van der Waals surface area (Å²) in [5, 5.41) is 4.85. The topological polar surface area (TPSA) is 63.6 Å². The lowest BCUT2D eigenvalue weighted by molar-refractivity contribution is -0.127. The van der Waals surface area contributed by atoms with E-state index in [9.17, 15) is 4.79 Å². The van der Waals surface area contributed by atoms with Gasteiger partial charge in [0.15, 0.2) is 6.10 Å². The lowest BCUT2D eigenvalue weighted by Crippen LogP contribution is -2.34. The van der Waals surface area contributed by atoms with Crippen LogP contribution in [0.4, 0.5) is 0 Å². The number of hydrogen-bond acceptors (Lipinski definition) is 4. The summed E-state index contributed by atoms with van der Waals surface area (Å²) in [7, 11) is 0. The van der Waals surface area contributed by atoms with Gasteiger partial charge in [-0.3, -0.25) is 9.78 Å². The average Bonchev–Trinajstić information content (AvgIpc) is 2.55. The van der Waals surface area contributed by atoms with Crippen LogP contribution in [0, 0.1) is 0 Å². The molecule has 0 aliphatic rings. The van der Waals surface area contributed by atoms with E-state index < -0.39 is 12.0 Å². The number of carbonyl (C=O) groups is 1. The fourth-order valence-corrected chi connectivity index (χ4v) is 2.13. The fourth-order valence-electron chi connectivity index (χ4n) is 1.68. The minimum absolute atomic E-state index is 0.338. The van der Waals surface area contributed by atoms with Gasteiger partial charge in [0.2, 0.25) is 0 Å². The Morgan fingerprint density at radius 2 is 2.09 bits per heavy atom. The molecule has 1 aromatic heterocycles. The first-order chi connectivity index (χ1) is 11.0. The third kappa shape index (κ3) is 4.94. The molecule has 0 bridgehead atoms. The van der Waals surface area contributed by atoms with E-state index in [0.29, 0.717) is 27.2 Å². The number of ether oxygens (including phenoxy) is 1. The molecular formula is C16H15Cl2N3O2. The first-order valence-corrected chi connectivity index (χ1v) is 7.60. The Morgan fingerprint density at radius 1 is 1.30 bits per heavy atom. The quantitative estimate of drug-likeness (QED) is 0.659. The summed E-state index contributed by atoms with van der Waals surface area (Å²) < 4.78 is 5.51. The predicted molar refractivity (Wildman–Crippen MR) is 91.1 cm³/mol. The highest BCUT2D eigenvalue weighted by molar-refractivity contribution is 6.35. The van der Waals surface area contributed by atoms with Gasteiger partial charge < -0.3 is 4.74 Å². The lowest BCUT2D eigenvalue weighted by atomic mass is 10.3. The van der Waals surface area contributed by atoms with Crippen molar-refractivity contribution >= 4 is 34.8 Å². The van der Waals surface area contributed by atoms with E-state index in [1.807, 2.05) is 6.07 Å². The van der Waals surface area contributed by atoms with E-state index in [1.165, 1.54) is 0 Å². The molecule has 0 radical (unpaired) electrons. The molecule has 1 heterocycles. The number of carbonyl (C=O) groups excluding carboxylic acids is 1. The Hall–Kier alpha value is -2.11. The average molecular weight is 352 g/mol. The smallest absolute Gasteiger partial charge is 0.280 e. The zero-order valence-electron chi connectivity index (χ0n) is 12.6. The molecule has 2 aromatic rings. The van der Waals surface area contributed by atoms with Crippen molar-refractivity contribution in [1.82, 2.24) is 10.4 Å². The van der Waals surface area contributed by atoms with Gasteiger partial charge in [-0.05, 0) is 44.2 Å². The van der Waals surface area contributed by atoms with Crippen molar-refractivity contribution in [1.29, 1.82) is 0 Å². The zero-order chi connectivity index (χ0) is 16.8. The van der Waals surface area contributed by atoms with Gasteiger partial charge in [-0.15, -0.1) is 0 Å². The summed E-state index contributed by atoms with van der Waals surface area (Å²) in [5.74, 6) is -0.0181. The molecule has 0 saturated heterocycles. The normalized spacial score (nSPS) is 12.6. The molecule has 0 spiro atoms. The molecule has 5 nitrogen and oxygen atoms in total. The van der Waals surface area contributed by atoms with Gasteiger partial charge in [-0.1, -0.05) is 29.3 Å². The van der Waals surface area contributed by atoms with Gasteiger partial charge in [0.1, 0.15) is 5.75 Å². The predicted octanol–water partition coefficient (Wildman–Crippen LogP) is 3.70. The summed E-state index contributed by atoms with van der Waals surface area (Å²) >= 11 is 11.8. The second-order valence-corrected chi connectivity index (χ2v) is 5.57. The molecule has 0 saturated carbocycles. The van der Waals surface area contributed by atoms with Crippen LogP contribution in [0.1, 0.15) is 19.5 Å². The Labute approximate surface area is 144 Å². The highest BCUT2D eigenvalue weighted by Crippen LogP contribution is 2.28. The molecule has 1 aromatic carbocycles. The van der Waals surface area contributed by atoms with Crippen LogP contribution in [0.25, 0.3) is 0 Å². The first-order valence-electron chi connectivity index (χ1n) is 6.84. The number of hydrogen-bond donors (Lipinski definition) is 1. The van der Waals surface area contributed by atoms with Crippen LogP contribution in [0.5, 0.6) is 5.75 Å². The maximum Gasteiger partial charge on any atom is 0.280 e. The van der Waals surface area contributed by atoms with Gasteiger partial charge in [-0.25, -0.2) is 5.43 Å². The van der Waals surface area contributed by atoms with Crippen molar-refractivity contribution in [2.75, 3.05) is 0 Å². The van der Waals surface area contributed by atoms with Crippen molar-refractivity contribution in [2.24, 2.45) is 5.10 Å². The van der Waals surface area contributed by atoms with Crippen LogP contribution < -0.4 is 10.2 Å². The van der Waals surface area contributed by atoms with Crippen LogP contribution in [0.15, 0.2) is 47.7 Å². The summed E-state index contributed by atoms with van der Waals surface area (Å²) in [6.45, 7) is 3.36. The van der Waals surface area contributed by atoms with Crippen LogP contribution >= 0.6 is 23.2 Å². The summed E-state index contributed by atoms with van der Waals surface area (Å²) in [6.07, 6.45) is 0.888. The number of nitrogens with zero attached hydrogens (tertiary/aromatic N) is 2. The van der Waals surface area contributed by atoms with Gasteiger partial charge in [0, 0.05) is 11.2 Å². The number of nitrogens with one attached hydrogen (secondary N) is 1. The van der Waals surface area contributed by atoms with E-state index >= 15 is 0 Å². The first kappa shape index (κ1) is 17.2. The Kier molecular flexibility index (Phi) is 5.96. The van der Waals surface area contributed by atoms with Crippen molar-refractivity contribution in [3.8, 4) is 5.75 Å². The summed E-state index contributed by atoms with van der Waals surface area (Å²) in [4.78, 5) is 16.2. The molecule has 7 heteroatoms. The summed E-state index contributed by atoms with van der Waals surface area (Å²) in [6, 6.07) is 10.2. The number of aromatic nitrogens is 1. The minimum atomic E-state index is -0.769. The molecule has 0 aliphatic carbocycles. The number of amides is 1. The van der Waals surface area contributed by atoms with Crippen molar-refractivity contribution in [3.05, 3.63) is 58.3 Å². The van der Waals surface area contributed by atoms with Crippen molar-refractivity contribution in [2.45, 2.75) is 20.0 Å². The van der Waals surface area contributed by atoms with Crippen molar-refractivity contribution in [3.63, 3.8) is 0 Å². The van der Waals surface area contributed by atoms with Crippen molar-refractivity contribution < 1.29 is 9.53 Å². The molecule has 0 aliphatic heterocycles. The molecular weight excluding hydrogens is 337 g/mol. The van der Waals surface area contributed by atoms with Gasteiger partial charge in [-0.2, -0.15) is 5.10 Å². The molecule has 0 unspecified atom stereocenters. The van der Waals surface area contributed by atoms with Gasteiger partial charge in [0.05, 0.1) is 16.4 Å². The Morgan fingerprint density at radius 3 is 2.74 bits per heavy atom. The third-order valence-electron chi connectivity index (χ3n) is 2.94. The zero-order valence-corrected chi connectivity index (χ0v) is 14.1. The van der Waals surface area contributed by atoms with Crippen LogP contribution in [-0.4, -0.2) is 22.7 Å². The Bertz CT molecular complexity index is 721. The van der Waals surface area contributed by atoms with Gasteiger partial charge >= 0.3 is 0 Å². The highest BCUT2D eigenvalue weighted by atomic mass is 35.5. The number of pyridine rings is 1. The Balaban J connectivity index is 1.97. The van der Waals surface area contributed by atoms with E-state index in [4.69, 9.17) is 27.9 Å². The molecule has 1 atom stereocenters. The lowest BCUT2D eigenvalue weighted by Gasteiger charge is -2.14. The largest absolute Gasteiger partial charge is 0.479 e. The fraction of sp³-hybridized carbons (Fsp3) is 0.188. The maximum atomic E-state index is 12.0. The second kappa shape index (κ2) is 7.94. The SMILES string of the molecule is C/C(=N\NC(=O)[C@H](C)Oc1ccc(Cl)cc1Cl)c1ccccn1. The summed E-state index contributed by atoms with van der Waals surface area (Å²) in [5.41, 5.74) is 3.72. The van der Waals surface area contributed by atoms with Gasteiger partial charge in [0.25, 0.3) is 5.91 Å². The van der Waals surface area contributed by atoms with Crippen LogP contribution in [0.2, 0.25) is 10.0 Å². The minimum Gasteiger partial charge on any atom is -0.479 e. The number of rotatable bonds is 5. The molecule has 2 rings (SSSR count). The second-order valence-electron chi connectivity index (χ2n) is 4.72. The van der Waals surface area contributed by atoms with Crippen LogP contribution in [0.3, 0.4) is 0 Å². The molecule has 120 valence electrons. The van der Waals surface area contributed by atoms with E-state index in [-0.39, 0.29) is 0 Å². The van der Waals surface area contributed by atoms with Crippen LogP contribution in [-0.2, 0) is 4.79 Å². The molecule has 1 amide bonds. The number of halogens is 2. The van der Waals surface area contributed by atoms with E-state index in [1.54, 1.807) is 50.4 Å².